The fourth-order valence-corrected chi connectivity index (χ4v) is 1.73. The molecule has 0 bridgehead atoms. The predicted octanol–water partition coefficient (Wildman–Crippen LogP) is 2.33. The van der Waals surface area contributed by atoms with Crippen molar-refractivity contribution < 1.29 is 5.11 Å². The van der Waals surface area contributed by atoms with Crippen molar-refractivity contribution in [2.75, 3.05) is 6.54 Å². The summed E-state index contributed by atoms with van der Waals surface area (Å²) in [7, 11) is 0. The van der Waals surface area contributed by atoms with Crippen molar-refractivity contribution in [2.45, 2.75) is 39.8 Å². The molecule has 0 amide bonds. The number of aryl methyl sites for hydroxylation is 2. The molecule has 2 heteroatoms. The first-order chi connectivity index (χ1) is 6.99. The van der Waals surface area contributed by atoms with E-state index in [1.165, 1.54) is 16.7 Å². The van der Waals surface area contributed by atoms with Gasteiger partial charge in [0, 0.05) is 12.6 Å². The van der Waals surface area contributed by atoms with Gasteiger partial charge in [-0.25, -0.2) is 0 Å². The Morgan fingerprint density at radius 2 is 1.67 bits per heavy atom. The minimum atomic E-state index is -0.293. The van der Waals surface area contributed by atoms with E-state index in [0.29, 0.717) is 6.54 Å². The summed E-state index contributed by atoms with van der Waals surface area (Å²) >= 11 is 0. The van der Waals surface area contributed by atoms with Crippen LogP contribution < -0.4 is 5.32 Å². The number of aliphatic hydroxyl groups is 1. The lowest BCUT2D eigenvalue weighted by atomic mass is 10.0. The van der Waals surface area contributed by atoms with Gasteiger partial charge in [0.15, 0.2) is 0 Å². The first kappa shape index (κ1) is 12.2. The van der Waals surface area contributed by atoms with Gasteiger partial charge in [-0.15, -0.1) is 0 Å². The topological polar surface area (TPSA) is 32.3 Å². The quantitative estimate of drug-likeness (QED) is 0.794. The molecule has 1 rings (SSSR count). The molecule has 1 aromatic carbocycles. The highest BCUT2D eigenvalue weighted by molar-refractivity contribution is 5.30. The Kier molecular flexibility index (Phi) is 4.30. The second-order valence-corrected chi connectivity index (χ2v) is 4.40. The van der Waals surface area contributed by atoms with Crippen LogP contribution in [0.15, 0.2) is 18.2 Å². The molecule has 0 fully saturated rings. The van der Waals surface area contributed by atoms with Crippen LogP contribution in [0.4, 0.5) is 0 Å². The molecule has 0 saturated carbocycles. The Balaban J connectivity index is 2.68. The molecule has 15 heavy (non-hydrogen) atoms. The molecule has 0 aliphatic carbocycles. The first-order valence-electron chi connectivity index (χ1n) is 5.48. The van der Waals surface area contributed by atoms with E-state index in [4.69, 9.17) is 0 Å². The maximum Gasteiger partial charge on any atom is 0.0636 e. The van der Waals surface area contributed by atoms with E-state index < -0.39 is 0 Å². The summed E-state index contributed by atoms with van der Waals surface area (Å²) in [5, 5.41) is 12.5. The van der Waals surface area contributed by atoms with Gasteiger partial charge in [0.2, 0.25) is 0 Å². The third-order valence-electron chi connectivity index (χ3n) is 2.46. The Morgan fingerprint density at radius 1 is 1.13 bits per heavy atom. The number of hydrogen-bond acceptors (Lipinski definition) is 2. The van der Waals surface area contributed by atoms with Gasteiger partial charge in [-0.2, -0.15) is 0 Å². The minimum absolute atomic E-state index is 0.290. The average molecular weight is 207 g/mol. The summed E-state index contributed by atoms with van der Waals surface area (Å²) < 4.78 is 0. The summed E-state index contributed by atoms with van der Waals surface area (Å²) in [6.45, 7) is 8.77. The van der Waals surface area contributed by atoms with Crippen molar-refractivity contribution >= 4 is 0 Å². The SMILES string of the molecule is Cc1cc(C)cc([C@@H](C)NC[C@@H](C)O)c1. The van der Waals surface area contributed by atoms with Crippen molar-refractivity contribution in [1.29, 1.82) is 0 Å². The smallest absolute Gasteiger partial charge is 0.0636 e. The van der Waals surface area contributed by atoms with E-state index in [0.717, 1.165) is 0 Å². The Bertz CT molecular complexity index is 300. The maximum absolute atomic E-state index is 9.19. The third-order valence-corrected chi connectivity index (χ3v) is 2.46. The van der Waals surface area contributed by atoms with Crippen molar-refractivity contribution in [3.8, 4) is 0 Å². The highest BCUT2D eigenvalue weighted by Gasteiger charge is 2.06. The zero-order chi connectivity index (χ0) is 11.4. The molecule has 0 radical (unpaired) electrons. The molecule has 2 nitrogen and oxygen atoms in total. The van der Waals surface area contributed by atoms with Gasteiger partial charge in [0.05, 0.1) is 6.10 Å². The number of benzene rings is 1. The second-order valence-electron chi connectivity index (χ2n) is 4.40. The van der Waals surface area contributed by atoms with Gasteiger partial charge in [0.25, 0.3) is 0 Å². The Morgan fingerprint density at radius 3 is 2.13 bits per heavy atom. The average Bonchev–Trinajstić information content (AvgIpc) is 2.12. The van der Waals surface area contributed by atoms with Crippen LogP contribution in [0.2, 0.25) is 0 Å². The highest BCUT2D eigenvalue weighted by atomic mass is 16.3. The van der Waals surface area contributed by atoms with E-state index in [1.54, 1.807) is 6.92 Å². The molecule has 0 aliphatic heterocycles. The second kappa shape index (κ2) is 5.29. The molecule has 2 atom stereocenters. The zero-order valence-electron chi connectivity index (χ0n) is 10.0. The zero-order valence-corrected chi connectivity index (χ0v) is 10.0. The summed E-state index contributed by atoms with van der Waals surface area (Å²) in [6, 6.07) is 6.84. The van der Waals surface area contributed by atoms with Crippen LogP contribution in [-0.2, 0) is 0 Å². The third kappa shape index (κ3) is 4.02. The van der Waals surface area contributed by atoms with Crippen molar-refractivity contribution in [3.63, 3.8) is 0 Å². The first-order valence-corrected chi connectivity index (χ1v) is 5.48. The maximum atomic E-state index is 9.19. The molecule has 84 valence electrons. The Hall–Kier alpha value is -0.860. The van der Waals surface area contributed by atoms with Gasteiger partial charge in [-0.05, 0) is 33.3 Å². The van der Waals surface area contributed by atoms with Gasteiger partial charge < -0.3 is 10.4 Å². The molecule has 0 aliphatic rings. The number of rotatable bonds is 4. The van der Waals surface area contributed by atoms with Crippen LogP contribution in [0, 0.1) is 13.8 Å². The number of aliphatic hydroxyl groups excluding tert-OH is 1. The van der Waals surface area contributed by atoms with Crippen LogP contribution >= 0.6 is 0 Å². The van der Waals surface area contributed by atoms with Gasteiger partial charge in [-0.1, -0.05) is 29.3 Å². The molecule has 2 N–H and O–H groups in total. The molecule has 0 heterocycles. The van der Waals surface area contributed by atoms with Gasteiger partial charge >= 0.3 is 0 Å². The summed E-state index contributed by atoms with van der Waals surface area (Å²) in [5.74, 6) is 0. The van der Waals surface area contributed by atoms with E-state index >= 15 is 0 Å². The fraction of sp³-hybridized carbons (Fsp3) is 0.538. The molecule has 1 aromatic rings. The lowest BCUT2D eigenvalue weighted by Gasteiger charge is -2.16. The summed E-state index contributed by atoms with van der Waals surface area (Å²) in [4.78, 5) is 0. The summed E-state index contributed by atoms with van der Waals surface area (Å²) in [5.41, 5.74) is 3.86. The molecule has 0 saturated heterocycles. The van der Waals surface area contributed by atoms with Crippen LogP contribution in [0.25, 0.3) is 0 Å². The van der Waals surface area contributed by atoms with E-state index in [2.05, 4.69) is 44.3 Å². The lowest BCUT2D eigenvalue weighted by Crippen LogP contribution is -2.27. The van der Waals surface area contributed by atoms with E-state index in [9.17, 15) is 5.11 Å². The normalized spacial score (nSPS) is 15.0. The van der Waals surface area contributed by atoms with Crippen LogP contribution in [0.3, 0.4) is 0 Å². The van der Waals surface area contributed by atoms with Gasteiger partial charge in [-0.3, -0.25) is 0 Å². The predicted molar refractivity (Wildman–Crippen MR) is 64.0 cm³/mol. The number of hydrogen-bond donors (Lipinski definition) is 2. The van der Waals surface area contributed by atoms with E-state index in [-0.39, 0.29) is 12.1 Å². The molecule has 0 aromatic heterocycles. The summed E-state index contributed by atoms with van der Waals surface area (Å²) in [6.07, 6.45) is -0.293. The molecular weight excluding hydrogens is 186 g/mol. The molecule has 0 spiro atoms. The standard InChI is InChI=1S/C13H21NO/c1-9-5-10(2)7-13(6-9)12(4)14-8-11(3)15/h5-7,11-12,14-15H,8H2,1-4H3/t11-,12-/m1/s1. The molecule has 0 unspecified atom stereocenters. The number of nitrogens with one attached hydrogen (secondary N) is 1. The lowest BCUT2D eigenvalue weighted by molar-refractivity contribution is 0.187. The van der Waals surface area contributed by atoms with E-state index in [1.807, 2.05) is 0 Å². The fourth-order valence-electron chi connectivity index (χ4n) is 1.73. The largest absolute Gasteiger partial charge is 0.392 e. The van der Waals surface area contributed by atoms with Crippen LogP contribution in [-0.4, -0.2) is 17.8 Å². The molecular formula is C13H21NO. The van der Waals surface area contributed by atoms with Crippen molar-refractivity contribution in [2.24, 2.45) is 0 Å². The minimum Gasteiger partial charge on any atom is -0.392 e. The Labute approximate surface area is 92.3 Å². The monoisotopic (exact) mass is 207 g/mol. The van der Waals surface area contributed by atoms with Crippen molar-refractivity contribution in [3.05, 3.63) is 34.9 Å². The van der Waals surface area contributed by atoms with Crippen molar-refractivity contribution in [1.82, 2.24) is 5.32 Å². The van der Waals surface area contributed by atoms with Gasteiger partial charge in [0.1, 0.15) is 0 Å². The van der Waals surface area contributed by atoms with Crippen LogP contribution in [0.5, 0.6) is 0 Å². The highest BCUT2D eigenvalue weighted by Crippen LogP contribution is 2.16. The van der Waals surface area contributed by atoms with Crippen LogP contribution in [0.1, 0.15) is 36.6 Å².